The topological polar surface area (TPSA) is 82.1 Å². The van der Waals surface area contributed by atoms with Gasteiger partial charge in [-0.15, -0.1) is 5.10 Å². The number of aromatic nitrogens is 4. The van der Waals surface area contributed by atoms with Crippen molar-refractivity contribution >= 4 is 38.8 Å². The van der Waals surface area contributed by atoms with Crippen molar-refractivity contribution in [1.82, 2.24) is 19.6 Å². The molecule has 0 atom stereocenters. The van der Waals surface area contributed by atoms with E-state index in [1.54, 1.807) is 17.5 Å². The molecule has 0 bridgehead atoms. The average Bonchev–Trinajstić information content (AvgIpc) is 3.34. The minimum absolute atomic E-state index is 0.367. The standard InChI is InChI=1S/C21H18ClN7S/c22-16-4-2-15(3-5-16)18-13-29-21(26-18)30-20(27-29)25-17-7-9-28(10-8-17)19-6-1-14(11-23)12-24-19/h1-6,12-13,17H,7-10H2,(H,25,27). The minimum atomic E-state index is 0.367. The number of nitrogens with one attached hydrogen (secondary N) is 1. The summed E-state index contributed by atoms with van der Waals surface area (Å²) < 4.78 is 1.83. The van der Waals surface area contributed by atoms with Crippen LogP contribution < -0.4 is 10.2 Å². The first-order chi connectivity index (χ1) is 14.7. The maximum absolute atomic E-state index is 8.91. The van der Waals surface area contributed by atoms with Gasteiger partial charge in [0.2, 0.25) is 10.1 Å². The van der Waals surface area contributed by atoms with Crippen LogP contribution in [-0.2, 0) is 0 Å². The molecular formula is C21H18ClN7S. The summed E-state index contributed by atoms with van der Waals surface area (Å²) in [6.07, 6.45) is 5.57. The molecule has 1 aliphatic rings. The Kier molecular flexibility index (Phi) is 4.99. The molecule has 0 unspecified atom stereocenters. The van der Waals surface area contributed by atoms with Crippen molar-refractivity contribution in [1.29, 1.82) is 5.26 Å². The normalized spacial score (nSPS) is 14.7. The third kappa shape index (κ3) is 3.82. The van der Waals surface area contributed by atoms with Crippen molar-refractivity contribution in [3.63, 3.8) is 0 Å². The fraction of sp³-hybridized carbons (Fsp3) is 0.238. The first kappa shape index (κ1) is 18.9. The summed E-state index contributed by atoms with van der Waals surface area (Å²) >= 11 is 7.52. The van der Waals surface area contributed by atoms with Crippen LogP contribution in [0.2, 0.25) is 5.02 Å². The first-order valence-electron chi connectivity index (χ1n) is 9.68. The maximum atomic E-state index is 8.91. The second kappa shape index (κ2) is 7.94. The van der Waals surface area contributed by atoms with Gasteiger partial charge >= 0.3 is 0 Å². The minimum Gasteiger partial charge on any atom is -0.357 e. The molecule has 0 aliphatic carbocycles. The quantitative estimate of drug-likeness (QED) is 0.509. The molecule has 0 amide bonds. The van der Waals surface area contributed by atoms with Crippen molar-refractivity contribution in [2.75, 3.05) is 23.3 Å². The van der Waals surface area contributed by atoms with Crippen LogP contribution in [0.1, 0.15) is 18.4 Å². The van der Waals surface area contributed by atoms with Crippen LogP contribution in [0.3, 0.4) is 0 Å². The van der Waals surface area contributed by atoms with Gasteiger partial charge < -0.3 is 10.2 Å². The Balaban J connectivity index is 1.21. The number of hydrogen-bond donors (Lipinski definition) is 1. The van der Waals surface area contributed by atoms with Gasteiger partial charge in [-0.05, 0) is 37.1 Å². The molecule has 4 aromatic rings. The van der Waals surface area contributed by atoms with Crippen molar-refractivity contribution in [3.05, 3.63) is 59.4 Å². The van der Waals surface area contributed by atoms with Crippen LogP contribution in [0.25, 0.3) is 16.2 Å². The summed E-state index contributed by atoms with van der Waals surface area (Å²) in [6.45, 7) is 1.83. The molecule has 0 spiro atoms. The zero-order chi connectivity index (χ0) is 20.5. The van der Waals surface area contributed by atoms with Gasteiger partial charge in [0.15, 0.2) is 0 Å². The molecule has 4 heterocycles. The lowest BCUT2D eigenvalue weighted by molar-refractivity contribution is 0.523. The van der Waals surface area contributed by atoms with E-state index in [1.807, 2.05) is 47.1 Å². The summed E-state index contributed by atoms with van der Waals surface area (Å²) in [7, 11) is 0. The van der Waals surface area contributed by atoms with E-state index in [0.29, 0.717) is 16.6 Å². The van der Waals surface area contributed by atoms with E-state index in [4.69, 9.17) is 16.9 Å². The number of nitriles is 1. The molecule has 30 heavy (non-hydrogen) atoms. The number of nitrogens with zero attached hydrogens (tertiary/aromatic N) is 6. The second-order valence-electron chi connectivity index (χ2n) is 7.19. The maximum Gasteiger partial charge on any atom is 0.214 e. The van der Waals surface area contributed by atoms with Crippen LogP contribution in [0.4, 0.5) is 10.9 Å². The van der Waals surface area contributed by atoms with Gasteiger partial charge in [-0.25, -0.2) is 14.5 Å². The van der Waals surface area contributed by atoms with Crippen molar-refractivity contribution in [2.45, 2.75) is 18.9 Å². The van der Waals surface area contributed by atoms with Crippen LogP contribution >= 0.6 is 22.9 Å². The molecular weight excluding hydrogens is 418 g/mol. The third-order valence-electron chi connectivity index (χ3n) is 5.21. The van der Waals surface area contributed by atoms with Crippen molar-refractivity contribution in [2.24, 2.45) is 0 Å². The van der Waals surface area contributed by atoms with Gasteiger partial charge in [-0.1, -0.05) is 35.1 Å². The Morgan fingerprint density at radius 3 is 2.60 bits per heavy atom. The summed E-state index contributed by atoms with van der Waals surface area (Å²) in [4.78, 5) is 12.2. The molecule has 1 fully saturated rings. The highest BCUT2D eigenvalue weighted by molar-refractivity contribution is 7.20. The van der Waals surface area contributed by atoms with E-state index in [9.17, 15) is 0 Å². The fourth-order valence-corrected chi connectivity index (χ4v) is 4.57. The molecule has 1 aliphatic heterocycles. The Hall–Kier alpha value is -3.15. The number of pyridine rings is 1. The highest BCUT2D eigenvalue weighted by Gasteiger charge is 2.21. The number of halogens is 1. The van der Waals surface area contributed by atoms with E-state index >= 15 is 0 Å². The van der Waals surface area contributed by atoms with E-state index in [-0.39, 0.29) is 0 Å². The van der Waals surface area contributed by atoms with Crippen LogP contribution in [0.5, 0.6) is 0 Å². The van der Waals surface area contributed by atoms with Crippen molar-refractivity contribution in [3.8, 4) is 17.3 Å². The van der Waals surface area contributed by atoms with Crippen LogP contribution in [0.15, 0.2) is 48.8 Å². The van der Waals surface area contributed by atoms with Gasteiger partial charge in [0.25, 0.3) is 0 Å². The number of imidazole rings is 1. The predicted molar refractivity (Wildman–Crippen MR) is 119 cm³/mol. The summed E-state index contributed by atoms with van der Waals surface area (Å²) in [5.74, 6) is 0.926. The van der Waals surface area contributed by atoms with Crippen LogP contribution in [0, 0.1) is 11.3 Å². The SMILES string of the molecule is N#Cc1ccc(N2CCC(Nc3nn4cc(-c5ccc(Cl)cc5)nc4s3)CC2)nc1. The lowest BCUT2D eigenvalue weighted by Gasteiger charge is -2.33. The van der Waals surface area contributed by atoms with E-state index in [2.05, 4.69) is 31.4 Å². The Bertz CT molecular complexity index is 1170. The van der Waals surface area contributed by atoms with Gasteiger partial charge in [0.1, 0.15) is 11.9 Å². The molecule has 0 saturated carbocycles. The average molecular weight is 436 g/mol. The molecule has 3 aromatic heterocycles. The molecule has 1 aromatic carbocycles. The Labute approximate surface area is 182 Å². The number of rotatable bonds is 4. The Morgan fingerprint density at radius 2 is 1.93 bits per heavy atom. The molecule has 1 N–H and O–H groups in total. The van der Waals surface area contributed by atoms with Gasteiger partial charge in [-0.2, -0.15) is 5.26 Å². The van der Waals surface area contributed by atoms with E-state index < -0.39 is 0 Å². The molecule has 1 saturated heterocycles. The van der Waals surface area contributed by atoms with Crippen molar-refractivity contribution < 1.29 is 0 Å². The number of fused-ring (bicyclic) bond motifs is 1. The monoisotopic (exact) mass is 435 g/mol. The lowest BCUT2D eigenvalue weighted by Crippen LogP contribution is -2.39. The number of benzene rings is 1. The molecule has 5 rings (SSSR count). The van der Waals surface area contributed by atoms with E-state index in [0.717, 1.165) is 53.1 Å². The predicted octanol–water partition coefficient (Wildman–Crippen LogP) is 4.46. The lowest BCUT2D eigenvalue weighted by atomic mass is 10.1. The highest BCUT2D eigenvalue weighted by atomic mass is 35.5. The van der Waals surface area contributed by atoms with Gasteiger partial charge in [0.05, 0.1) is 17.5 Å². The summed E-state index contributed by atoms with van der Waals surface area (Å²) in [5, 5.41) is 18.7. The van der Waals surface area contributed by atoms with Crippen LogP contribution in [-0.4, -0.2) is 38.7 Å². The fourth-order valence-electron chi connectivity index (χ4n) is 3.59. The smallest absolute Gasteiger partial charge is 0.214 e. The molecule has 150 valence electrons. The highest BCUT2D eigenvalue weighted by Crippen LogP contribution is 2.27. The van der Waals surface area contributed by atoms with Gasteiger partial charge in [0, 0.05) is 35.9 Å². The van der Waals surface area contributed by atoms with Gasteiger partial charge in [-0.3, -0.25) is 0 Å². The molecule has 0 radical (unpaired) electrons. The Morgan fingerprint density at radius 1 is 1.13 bits per heavy atom. The summed E-state index contributed by atoms with van der Waals surface area (Å²) in [5.41, 5.74) is 2.50. The number of anilines is 2. The summed E-state index contributed by atoms with van der Waals surface area (Å²) in [6, 6.07) is 13.9. The second-order valence-corrected chi connectivity index (χ2v) is 8.58. The zero-order valence-electron chi connectivity index (χ0n) is 16.0. The van der Waals surface area contributed by atoms with E-state index in [1.165, 1.54) is 0 Å². The largest absolute Gasteiger partial charge is 0.357 e. The first-order valence-corrected chi connectivity index (χ1v) is 10.9. The molecule has 9 heteroatoms. The number of hydrogen-bond acceptors (Lipinski definition) is 7. The third-order valence-corrected chi connectivity index (χ3v) is 6.31. The zero-order valence-corrected chi connectivity index (χ0v) is 17.6. The molecule has 7 nitrogen and oxygen atoms in total. The number of piperidine rings is 1.